The Labute approximate surface area is 83.9 Å². The number of nitrogens with two attached hydrogens (primary N) is 1. The van der Waals surface area contributed by atoms with Gasteiger partial charge in [-0.2, -0.15) is 0 Å². The second kappa shape index (κ2) is 4.32. The lowest BCUT2D eigenvalue weighted by molar-refractivity contribution is 0.110. The fourth-order valence-corrected chi connectivity index (χ4v) is 1.30. The predicted molar refractivity (Wildman–Crippen MR) is 48.6 cm³/mol. The van der Waals surface area contributed by atoms with E-state index in [1.807, 2.05) is 0 Å². The zero-order valence-corrected chi connectivity index (χ0v) is 7.76. The van der Waals surface area contributed by atoms with Crippen LogP contribution in [0.25, 0.3) is 0 Å². The van der Waals surface area contributed by atoms with Crippen molar-refractivity contribution in [3.8, 4) is 0 Å². The van der Waals surface area contributed by atoms with Crippen LogP contribution in [0.15, 0.2) is 6.20 Å². The molecule has 0 aliphatic rings. The van der Waals surface area contributed by atoms with Crippen molar-refractivity contribution in [1.82, 2.24) is 4.98 Å². The van der Waals surface area contributed by atoms with Crippen molar-refractivity contribution < 1.29 is 13.6 Å². The van der Waals surface area contributed by atoms with Gasteiger partial charge in [-0.15, -0.1) is 11.6 Å². The number of hydrogen-bond acceptors (Lipinski definition) is 3. The average Bonchev–Trinajstić information content (AvgIpc) is 2.17. The molecule has 0 radical (unpaired) electrons. The van der Waals surface area contributed by atoms with Crippen molar-refractivity contribution in [1.29, 1.82) is 0 Å². The van der Waals surface area contributed by atoms with Crippen LogP contribution in [0.3, 0.4) is 0 Å². The first kappa shape index (κ1) is 10.8. The molecule has 0 saturated carbocycles. The minimum Gasteiger partial charge on any atom is -0.383 e. The molecule has 0 saturated heterocycles. The highest BCUT2D eigenvalue weighted by atomic mass is 35.5. The molecule has 1 heterocycles. The van der Waals surface area contributed by atoms with E-state index in [-0.39, 0.29) is 29.1 Å². The number of halogens is 3. The van der Waals surface area contributed by atoms with Crippen LogP contribution < -0.4 is 5.73 Å². The molecule has 0 aliphatic heterocycles. The van der Waals surface area contributed by atoms with E-state index in [0.717, 1.165) is 6.20 Å². The molecule has 2 N–H and O–H groups in total. The van der Waals surface area contributed by atoms with Gasteiger partial charge in [-0.3, -0.25) is 4.79 Å². The molecule has 1 aromatic heterocycles. The highest BCUT2D eigenvalue weighted by Gasteiger charge is 2.20. The Morgan fingerprint density at radius 3 is 2.71 bits per heavy atom. The van der Waals surface area contributed by atoms with Gasteiger partial charge in [-0.1, -0.05) is 0 Å². The lowest BCUT2D eigenvalue weighted by atomic mass is 10.1. The Bertz CT molecular complexity index is 357. The summed E-state index contributed by atoms with van der Waals surface area (Å²) in [6, 6.07) is 0. The molecule has 0 aliphatic carbocycles. The summed E-state index contributed by atoms with van der Waals surface area (Å²) in [5.74, 6) is -0.336. The van der Waals surface area contributed by atoms with Gasteiger partial charge in [0.1, 0.15) is 5.82 Å². The number of aromatic nitrogens is 1. The van der Waals surface area contributed by atoms with Crippen LogP contribution in [0.5, 0.6) is 0 Å². The smallest absolute Gasteiger partial charge is 0.265 e. The molecule has 0 unspecified atom stereocenters. The molecular weight excluding hydrogens is 214 g/mol. The van der Waals surface area contributed by atoms with E-state index in [1.54, 1.807) is 0 Å². The molecule has 0 bridgehead atoms. The normalized spacial score (nSPS) is 10.6. The maximum absolute atomic E-state index is 12.5. The molecule has 0 atom stereocenters. The number of aldehydes is 1. The van der Waals surface area contributed by atoms with Crippen LogP contribution in [0.2, 0.25) is 0 Å². The van der Waals surface area contributed by atoms with Gasteiger partial charge >= 0.3 is 0 Å². The summed E-state index contributed by atoms with van der Waals surface area (Å²) >= 11 is 5.43. The molecule has 6 heteroatoms. The molecule has 76 valence electrons. The van der Waals surface area contributed by atoms with Gasteiger partial charge in [0, 0.05) is 17.6 Å². The van der Waals surface area contributed by atoms with E-state index in [4.69, 9.17) is 17.3 Å². The fraction of sp³-hybridized carbons (Fsp3) is 0.250. The van der Waals surface area contributed by atoms with Crippen LogP contribution in [0.4, 0.5) is 14.6 Å². The number of hydrogen-bond donors (Lipinski definition) is 1. The Hall–Kier alpha value is -1.23. The monoisotopic (exact) mass is 220 g/mol. The third-order valence-electron chi connectivity index (χ3n) is 1.75. The molecular formula is C8H7ClF2N2O. The quantitative estimate of drug-likeness (QED) is 0.627. The topological polar surface area (TPSA) is 56.0 Å². The number of carbonyl (C=O) groups excluding carboxylic acids is 1. The van der Waals surface area contributed by atoms with Crippen molar-refractivity contribution in [2.75, 3.05) is 5.73 Å². The van der Waals surface area contributed by atoms with E-state index in [2.05, 4.69) is 4.98 Å². The van der Waals surface area contributed by atoms with E-state index in [0.29, 0.717) is 0 Å². The minimum atomic E-state index is -2.78. The molecule has 0 fully saturated rings. The summed E-state index contributed by atoms with van der Waals surface area (Å²) < 4.78 is 25.1. The molecule has 3 nitrogen and oxygen atoms in total. The molecule has 1 rings (SSSR count). The number of alkyl halides is 3. The third-order valence-corrected chi connectivity index (χ3v) is 2.04. The first-order valence-electron chi connectivity index (χ1n) is 3.68. The zero-order valence-electron chi connectivity index (χ0n) is 7.01. The van der Waals surface area contributed by atoms with Crippen molar-refractivity contribution in [3.05, 3.63) is 22.9 Å². The SMILES string of the molecule is Nc1ncc(CCl)c(C(F)F)c1C=O. The molecule has 0 amide bonds. The van der Waals surface area contributed by atoms with Gasteiger partial charge in [0.2, 0.25) is 0 Å². The number of nitrogen functional groups attached to an aromatic ring is 1. The zero-order chi connectivity index (χ0) is 10.7. The summed E-state index contributed by atoms with van der Waals surface area (Å²) in [6.07, 6.45) is -1.37. The van der Waals surface area contributed by atoms with Crippen molar-refractivity contribution >= 4 is 23.7 Å². The number of anilines is 1. The number of pyridine rings is 1. The van der Waals surface area contributed by atoms with Crippen molar-refractivity contribution in [3.63, 3.8) is 0 Å². The van der Waals surface area contributed by atoms with Crippen LogP contribution in [-0.2, 0) is 5.88 Å². The largest absolute Gasteiger partial charge is 0.383 e. The first-order chi connectivity index (χ1) is 6.61. The summed E-state index contributed by atoms with van der Waals surface area (Å²) in [5, 5.41) is 0. The van der Waals surface area contributed by atoms with E-state index in [1.165, 1.54) is 0 Å². The van der Waals surface area contributed by atoms with Crippen LogP contribution in [0.1, 0.15) is 27.9 Å². The Morgan fingerprint density at radius 1 is 1.64 bits per heavy atom. The van der Waals surface area contributed by atoms with Crippen LogP contribution in [-0.4, -0.2) is 11.3 Å². The van der Waals surface area contributed by atoms with E-state index >= 15 is 0 Å². The maximum atomic E-state index is 12.5. The van der Waals surface area contributed by atoms with Crippen molar-refractivity contribution in [2.24, 2.45) is 0 Å². The summed E-state index contributed by atoms with van der Waals surface area (Å²) in [5.41, 5.74) is 4.69. The average molecular weight is 221 g/mol. The Morgan fingerprint density at radius 2 is 2.29 bits per heavy atom. The predicted octanol–water partition coefficient (Wildman–Crippen LogP) is 2.15. The van der Waals surface area contributed by atoms with Crippen LogP contribution >= 0.6 is 11.6 Å². The standard InChI is InChI=1S/C8H7ClF2N2O/c9-1-4-2-13-8(12)5(3-14)6(4)7(10)11/h2-3,7H,1H2,(H2,12,13). The second-order valence-electron chi connectivity index (χ2n) is 2.55. The second-order valence-corrected chi connectivity index (χ2v) is 2.82. The maximum Gasteiger partial charge on any atom is 0.265 e. The minimum absolute atomic E-state index is 0.123. The summed E-state index contributed by atoms with van der Waals surface area (Å²) in [6.45, 7) is 0. The van der Waals surface area contributed by atoms with Gasteiger partial charge < -0.3 is 5.73 Å². The van der Waals surface area contributed by atoms with E-state index in [9.17, 15) is 13.6 Å². The van der Waals surface area contributed by atoms with Gasteiger partial charge in [0.25, 0.3) is 6.43 Å². The van der Waals surface area contributed by atoms with Gasteiger partial charge in [-0.05, 0) is 5.56 Å². The Balaban J connectivity index is 3.43. The van der Waals surface area contributed by atoms with Crippen molar-refractivity contribution in [2.45, 2.75) is 12.3 Å². The highest BCUT2D eigenvalue weighted by Crippen LogP contribution is 2.28. The fourth-order valence-electron chi connectivity index (χ4n) is 1.09. The first-order valence-corrected chi connectivity index (χ1v) is 4.21. The van der Waals surface area contributed by atoms with Crippen LogP contribution in [0, 0.1) is 0 Å². The number of rotatable bonds is 3. The molecule has 0 aromatic carbocycles. The van der Waals surface area contributed by atoms with Gasteiger partial charge in [-0.25, -0.2) is 13.8 Å². The molecule has 0 spiro atoms. The van der Waals surface area contributed by atoms with Gasteiger partial charge in [0.15, 0.2) is 6.29 Å². The lowest BCUT2D eigenvalue weighted by Crippen LogP contribution is -2.05. The third kappa shape index (κ3) is 1.82. The number of nitrogens with zero attached hydrogens (tertiary/aromatic N) is 1. The lowest BCUT2D eigenvalue weighted by Gasteiger charge is -2.09. The summed E-state index contributed by atoms with van der Waals surface area (Å²) in [7, 11) is 0. The summed E-state index contributed by atoms with van der Waals surface area (Å²) in [4.78, 5) is 14.1. The van der Waals surface area contributed by atoms with Gasteiger partial charge in [0.05, 0.1) is 5.56 Å². The highest BCUT2D eigenvalue weighted by molar-refractivity contribution is 6.17. The number of carbonyl (C=O) groups is 1. The molecule has 1 aromatic rings. The van der Waals surface area contributed by atoms with E-state index < -0.39 is 12.0 Å². The Kier molecular flexibility index (Phi) is 3.35. The molecule has 14 heavy (non-hydrogen) atoms.